The van der Waals surface area contributed by atoms with Crippen molar-refractivity contribution in [1.29, 1.82) is 0 Å². The van der Waals surface area contributed by atoms with Gasteiger partial charge < -0.3 is 45.2 Å². The average molecular weight is 296 g/mol. The van der Waals surface area contributed by atoms with Crippen LogP contribution in [0.4, 0.5) is 0 Å². The van der Waals surface area contributed by atoms with E-state index in [0.717, 1.165) is 0 Å². The summed E-state index contributed by atoms with van der Waals surface area (Å²) in [5.74, 6) is 0. The lowest BCUT2D eigenvalue weighted by atomic mass is 9.88. The third-order valence-electron chi connectivity index (χ3n) is 3.75. The second-order valence-electron chi connectivity index (χ2n) is 5.18. The molecule has 9 atom stereocenters. The summed E-state index contributed by atoms with van der Waals surface area (Å²) in [5, 5.41) is 67.3. The molecule has 0 aliphatic carbocycles. The second kappa shape index (κ2) is 6.18. The molecule has 2 saturated heterocycles. The molecule has 9 nitrogen and oxygen atoms in total. The molecule has 0 aromatic heterocycles. The summed E-state index contributed by atoms with van der Waals surface area (Å²) in [6.07, 6.45) is -12.9. The van der Waals surface area contributed by atoms with Crippen molar-refractivity contribution in [2.45, 2.75) is 54.9 Å². The molecule has 2 aliphatic rings. The summed E-state index contributed by atoms with van der Waals surface area (Å²) in [7, 11) is 0. The first-order valence-electron chi connectivity index (χ1n) is 6.34. The van der Waals surface area contributed by atoms with Gasteiger partial charge in [-0.1, -0.05) is 0 Å². The maximum atomic E-state index is 10.1. The van der Waals surface area contributed by atoms with Gasteiger partial charge in [0.2, 0.25) is 0 Å². The van der Waals surface area contributed by atoms with E-state index in [1.165, 1.54) is 0 Å². The summed E-state index contributed by atoms with van der Waals surface area (Å²) in [6, 6.07) is 0. The molecule has 118 valence electrons. The Morgan fingerprint density at radius 1 is 0.650 bits per heavy atom. The van der Waals surface area contributed by atoms with Crippen molar-refractivity contribution in [3.63, 3.8) is 0 Å². The Labute approximate surface area is 114 Å². The molecule has 0 bridgehead atoms. The Morgan fingerprint density at radius 3 is 1.35 bits per heavy atom. The van der Waals surface area contributed by atoms with Crippen LogP contribution in [-0.4, -0.2) is 104 Å². The number of hydrogen-bond donors (Lipinski definition) is 7. The van der Waals surface area contributed by atoms with E-state index in [2.05, 4.69) is 0 Å². The van der Waals surface area contributed by atoms with Gasteiger partial charge in [0.05, 0.1) is 13.2 Å². The number of aliphatic hydroxyl groups excluding tert-OH is 7. The van der Waals surface area contributed by atoms with Crippen LogP contribution in [0.5, 0.6) is 0 Å². The van der Waals surface area contributed by atoms with E-state index in [-0.39, 0.29) is 13.2 Å². The molecule has 0 radical (unpaired) electrons. The molecule has 7 N–H and O–H groups in total. The summed E-state index contributed by atoms with van der Waals surface area (Å²) in [5.41, 5.74) is 0. The Kier molecular flexibility index (Phi) is 4.95. The maximum absolute atomic E-state index is 10.1. The fourth-order valence-corrected chi connectivity index (χ4v) is 2.45. The van der Waals surface area contributed by atoms with Crippen molar-refractivity contribution in [3.05, 3.63) is 0 Å². The van der Waals surface area contributed by atoms with Gasteiger partial charge in [-0.3, -0.25) is 0 Å². The van der Waals surface area contributed by atoms with E-state index in [0.29, 0.717) is 0 Å². The highest BCUT2D eigenvalue weighted by Crippen LogP contribution is 2.25. The topological polar surface area (TPSA) is 160 Å². The van der Waals surface area contributed by atoms with Crippen molar-refractivity contribution >= 4 is 0 Å². The second-order valence-corrected chi connectivity index (χ2v) is 5.18. The van der Waals surface area contributed by atoms with E-state index in [1.54, 1.807) is 0 Å². The molecule has 0 aromatic carbocycles. The van der Waals surface area contributed by atoms with Gasteiger partial charge in [-0.2, -0.15) is 0 Å². The van der Waals surface area contributed by atoms with E-state index in [9.17, 15) is 35.7 Å². The zero-order valence-corrected chi connectivity index (χ0v) is 10.6. The predicted octanol–water partition coefficient (Wildman–Crippen LogP) is -4.69. The van der Waals surface area contributed by atoms with Crippen molar-refractivity contribution < 1.29 is 45.2 Å². The molecule has 0 saturated carbocycles. The molecule has 0 amide bonds. The summed E-state index contributed by atoms with van der Waals surface area (Å²) in [6.45, 7) is -0.595. The van der Waals surface area contributed by atoms with Crippen LogP contribution in [0, 0.1) is 0 Å². The molecular formula is C11H20O9. The minimum atomic E-state index is -1.58. The van der Waals surface area contributed by atoms with E-state index in [4.69, 9.17) is 9.47 Å². The standard InChI is InChI=1S/C11H20O9/c12-3-1-19-10(7(16)5(3)14)9(18)11-8(17)6(15)4(13)2-20-11/h3-18H,1-2H2/t3-,4+,5-,6-,7+,8+,9?,10-,11?/m0/s1. The molecule has 9 heteroatoms. The molecule has 2 rings (SSSR count). The lowest BCUT2D eigenvalue weighted by Crippen LogP contribution is -2.64. The summed E-state index contributed by atoms with van der Waals surface area (Å²) < 4.78 is 10.1. The van der Waals surface area contributed by atoms with E-state index in [1.807, 2.05) is 0 Å². The van der Waals surface area contributed by atoms with Gasteiger partial charge in [0.1, 0.15) is 54.9 Å². The van der Waals surface area contributed by atoms with Crippen LogP contribution in [0.1, 0.15) is 0 Å². The van der Waals surface area contributed by atoms with Crippen molar-refractivity contribution in [1.82, 2.24) is 0 Å². The van der Waals surface area contributed by atoms with Gasteiger partial charge in [0.25, 0.3) is 0 Å². The van der Waals surface area contributed by atoms with Crippen molar-refractivity contribution in [3.8, 4) is 0 Å². The Morgan fingerprint density at radius 2 is 1.00 bits per heavy atom. The maximum Gasteiger partial charge on any atom is 0.115 e. The summed E-state index contributed by atoms with van der Waals surface area (Å²) >= 11 is 0. The third-order valence-corrected chi connectivity index (χ3v) is 3.75. The zero-order valence-electron chi connectivity index (χ0n) is 10.6. The fourth-order valence-electron chi connectivity index (χ4n) is 2.45. The smallest absolute Gasteiger partial charge is 0.115 e. The first-order valence-corrected chi connectivity index (χ1v) is 6.34. The average Bonchev–Trinajstić information content (AvgIpc) is 2.42. The van der Waals surface area contributed by atoms with Gasteiger partial charge >= 0.3 is 0 Å². The van der Waals surface area contributed by atoms with Crippen molar-refractivity contribution in [2.24, 2.45) is 0 Å². The van der Waals surface area contributed by atoms with Crippen LogP contribution in [0.2, 0.25) is 0 Å². The van der Waals surface area contributed by atoms with E-state index < -0.39 is 54.9 Å². The van der Waals surface area contributed by atoms with Crippen LogP contribution in [0.25, 0.3) is 0 Å². The third kappa shape index (κ3) is 2.82. The van der Waals surface area contributed by atoms with Gasteiger partial charge in [0, 0.05) is 0 Å². The highest BCUT2D eigenvalue weighted by Gasteiger charge is 2.48. The van der Waals surface area contributed by atoms with Gasteiger partial charge in [-0.15, -0.1) is 0 Å². The molecule has 20 heavy (non-hydrogen) atoms. The molecular weight excluding hydrogens is 276 g/mol. The minimum absolute atomic E-state index is 0.298. The first kappa shape index (κ1) is 16.0. The number of ether oxygens (including phenoxy) is 2. The monoisotopic (exact) mass is 296 g/mol. The first-order chi connectivity index (χ1) is 9.34. The molecule has 2 fully saturated rings. The van der Waals surface area contributed by atoms with Crippen LogP contribution in [0.15, 0.2) is 0 Å². The lowest BCUT2D eigenvalue weighted by Gasteiger charge is -2.43. The highest BCUT2D eigenvalue weighted by atomic mass is 16.6. The molecule has 2 heterocycles. The summed E-state index contributed by atoms with van der Waals surface area (Å²) in [4.78, 5) is 0. The van der Waals surface area contributed by atoms with Crippen molar-refractivity contribution in [2.75, 3.05) is 13.2 Å². The SMILES string of the molecule is OC(C1OC[C@@H](O)[C@H](O)[C@H]1O)[C@H]1OC[C@H](O)[C@H](O)[C@H]1O. The van der Waals surface area contributed by atoms with Crippen LogP contribution >= 0.6 is 0 Å². The molecule has 0 aromatic rings. The van der Waals surface area contributed by atoms with Crippen LogP contribution < -0.4 is 0 Å². The molecule has 0 spiro atoms. The molecule has 2 unspecified atom stereocenters. The quantitative estimate of drug-likeness (QED) is 0.265. The predicted molar refractivity (Wildman–Crippen MR) is 61.5 cm³/mol. The zero-order chi connectivity index (χ0) is 15.0. The van der Waals surface area contributed by atoms with Gasteiger partial charge in [-0.25, -0.2) is 0 Å². The Hall–Kier alpha value is -0.360. The normalized spacial score (nSPS) is 51.8. The largest absolute Gasteiger partial charge is 0.388 e. The van der Waals surface area contributed by atoms with E-state index >= 15 is 0 Å². The van der Waals surface area contributed by atoms with Gasteiger partial charge in [-0.05, 0) is 0 Å². The Balaban J connectivity index is 2.05. The highest BCUT2D eigenvalue weighted by molar-refractivity contribution is 4.98. The van der Waals surface area contributed by atoms with Gasteiger partial charge in [0.15, 0.2) is 0 Å². The van der Waals surface area contributed by atoms with Crippen LogP contribution in [-0.2, 0) is 9.47 Å². The lowest BCUT2D eigenvalue weighted by molar-refractivity contribution is -0.258. The fraction of sp³-hybridized carbons (Fsp3) is 1.00. The molecule has 2 aliphatic heterocycles. The number of rotatable bonds is 2. The Bertz CT molecular complexity index is 297. The van der Waals surface area contributed by atoms with Crippen LogP contribution in [0.3, 0.4) is 0 Å². The number of aliphatic hydroxyl groups is 7. The minimum Gasteiger partial charge on any atom is -0.388 e. The number of hydrogen-bond acceptors (Lipinski definition) is 9.